The highest BCUT2D eigenvalue weighted by molar-refractivity contribution is 6.05. The summed E-state index contributed by atoms with van der Waals surface area (Å²) in [6.45, 7) is 2.77. The Morgan fingerprint density at radius 1 is 1.14 bits per heavy atom. The third-order valence-electron chi connectivity index (χ3n) is 7.60. The predicted molar refractivity (Wildman–Crippen MR) is 167 cm³/mol. The van der Waals surface area contributed by atoms with E-state index < -0.39 is 11.7 Å². The van der Waals surface area contributed by atoms with Crippen molar-refractivity contribution in [1.82, 2.24) is 30.8 Å². The van der Waals surface area contributed by atoms with Crippen LogP contribution in [0.1, 0.15) is 67.8 Å². The van der Waals surface area contributed by atoms with Crippen LogP contribution in [0.2, 0.25) is 0 Å². The molecule has 2 amide bonds. The summed E-state index contributed by atoms with van der Waals surface area (Å²) in [5, 5.41) is 17.4. The average Bonchev–Trinajstić information content (AvgIpc) is 3.45. The molecule has 0 saturated heterocycles. The molecule has 1 unspecified atom stereocenters. The molecule has 4 aromatic rings. The van der Waals surface area contributed by atoms with Crippen molar-refractivity contribution in [3.8, 4) is 11.3 Å². The number of amides is 2. The van der Waals surface area contributed by atoms with Gasteiger partial charge in [-0.15, -0.1) is 0 Å². The summed E-state index contributed by atoms with van der Waals surface area (Å²) < 4.78 is 13.4. The summed E-state index contributed by atoms with van der Waals surface area (Å²) in [6.07, 6.45) is 14.1. The Hall–Kier alpha value is -4.64. The number of hydrogen-bond donors (Lipinski definition) is 5. The Morgan fingerprint density at radius 2 is 1.93 bits per heavy atom. The Morgan fingerprint density at radius 3 is 2.70 bits per heavy atom. The van der Waals surface area contributed by atoms with Crippen LogP contribution in [0.3, 0.4) is 0 Å². The SMILES string of the molecule is CC(CC(=O)NC1CCCCC1)NCC/C=C/c1cnc(N)c2c(-c3ccc(C(=O)Nc4cc(F)ccn4)cc3)[nH]nc12. The van der Waals surface area contributed by atoms with Crippen molar-refractivity contribution >= 4 is 40.4 Å². The van der Waals surface area contributed by atoms with Crippen LogP contribution in [0.4, 0.5) is 16.0 Å². The second kappa shape index (κ2) is 14.0. The van der Waals surface area contributed by atoms with Gasteiger partial charge >= 0.3 is 0 Å². The molecule has 1 fully saturated rings. The molecular weight excluding hydrogens is 547 g/mol. The van der Waals surface area contributed by atoms with Gasteiger partial charge in [0.1, 0.15) is 23.0 Å². The highest BCUT2D eigenvalue weighted by Gasteiger charge is 2.18. The molecule has 3 heterocycles. The molecule has 0 radical (unpaired) electrons. The number of aromatic amines is 1. The zero-order chi connectivity index (χ0) is 30.2. The molecular formula is C32H37FN8O2. The second-order valence-corrected chi connectivity index (χ2v) is 11.0. The van der Waals surface area contributed by atoms with E-state index in [1.54, 1.807) is 30.5 Å². The van der Waals surface area contributed by atoms with E-state index in [0.717, 1.165) is 43.0 Å². The molecule has 0 aliphatic heterocycles. The molecule has 0 bridgehead atoms. The van der Waals surface area contributed by atoms with E-state index in [4.69, 9.17) is 5.73 Å². The van der Waals surface area contributed by atoms with Crippen molar-refractivity contribution in [2.24, 2.45) is 0 Å². The second-order valence-electron chi connectivity index (χ2n) is 11.0. The van der Waals surface area contributed by atoms with E-state index in [1.807, 2.05) is 19.1 Å². The number of rotatable bonds is 11. The fraction of sp³-hybridized carbons (Fsp3) is 0.344. The van der Waals surface area contributed by atoms with Gasteiger partial charge in [-0.2, -0.15) is 5.10 Å². The Kier molecular flexibility index (Phi) is 9.73. The summed E-state index contributed by atoms with van der Waals surface area (Å²) in [5.41, 5.74) is 9.63. The number of aromatic nitrogens is 4. The molecule has 43 heavy (non-hydrogen) atoms. The molecule has 3 aromatic heterocycles. The quantitative estimate of drug-likeness (QED) is 0.152. The number of hydrogen-bond acceptors (Lipinski definition) is 7. The van der Waals surface area contributed by atoms with E-state index in [9.17, 15) is 14.0 Å². The van der Waals surface area contributed by atoms with Gasteiger partial charge in [-0.25, -0.2) is 14.4 Å². The number of nitrogens with one attached hydrogen (secondary N) is 4. The number of nitrogens with two attached hydrogens (primary N) is 1. The van der Waals surface area contributed by atoms with Crippen molar-refractivity contribution in [1.29, 1.82) is 0 Å². The lowest BCUT2D eigenvalue weighted by Gasteiger charge is -2.23. The molecule has 1 aliphatic carbocycles. The van der Waals surface area contributed by atoms with Crippen LogP contribution in [0.25, 0.3) is 28.2 Å². The normalized spacial score (nSPS) is 14.7. The molecule has 1 saturated carbocycles. The van der Waals surface area contributed by atoms with Gasteiger partial charge < -0.3 is 21.7 Å². The number of nitrogen functional groups attached to an aromatic ring is 1. The van der Waals surface area contributed by atoms with Gasteiger partial charge in [-0.3, -0.25) is 14.7 Å². The number of nitrogens with zero attached hydrogens (tertiary/aromatic N) is 3. The first-order valence-electron chi connectivity index (χ1n) is 14.7. The number of H-pyrrole nitrogens is 1. The predicted octanol–water partition coefficient (Wildman–Crippen LogP) is 5.21. The van der Waals surface area contributed by atoms with Crippen LogP contribution in [0.5, 0.6) is 0 Å². The first-order chi connectivity index (χ1) is 20.9. The fourth-order valence-electron chi connectivity index (χ4n) is 5.35. The molecule has 6 N–H and O–H groups in total. The Labute approximate surface area is 249 Å². The molecule has 1 aromatic carbocycles. The molecule has 5 rings (SSSR count). The summed E-state index contributed by atoms with van der Waals surface area (Å²) >= 11 is 0. The standard InChI is InChI=1S/C32H37FN8O2/c1-20(17-27(42)38-25-8-3-2-4-9-25)35-15-6-5-7-23-19-37-31(34)28-29(40-41-30(23)28)21-10-12-22(13-11-21)32(43)39-26-18-24(33)14-16-36-26/h5,7,10-14,16,18-20,25,35H,2-4,6,8-9,15,17H2,1H3,(H2,34,37)(H,38,42)(H,40,41)(H,36,39,43)/b7-5+. The number of halogens is 1. The highest BCUT2D eigenvalue weighted by atomic mass is 19.1. The smallest absolute Gasteiger partial charge is 0.256 e. The lowest BCUT2D eigenvalue weighted by atomic mass is 9.95. The Bertz CT molecular complexity index is 1590. The van der Waals surface area contributed by atoms with Gasteiger partial charge in [-0.1, -0.05) is 43.5 Å². The van der Waals surface area contributed by atoms with Gasteiger partial charge in [0.25, 0.3) is 5.91 Å². The summed E-state index contributed by atoms with van der Waals surface area (Å²) in [4.78, 5) is 33.3. The number of carbonyl (C=O) groups excluding carboxylic acids is 2. The summed E-state index contributed by atoms with van der Waals surface area (Å²) in [7, 11) is 0. The van der Waals surface area contributed by atoms with Crippen molar-refractivity contribution in [3.05, 3.63) is 71.8 Å². The number of carbonyl (C=O) groups is 2. The van der Waals surface area contributed by atoms with Crippen LogP contribution in [-0.2, 0) is 4.79 Å². The van der Waals surface area contributed by atoms with Gasteiger partial charge in [0.15, 0.2) is 0 Å². The zero-order valence-electron chi connectivity index (χ0n) is 24.2. The maximum absolute atomic E-state index is 13.4. The molecule has 224 valence electrons. The van der Waals surface area contributed by atoms with Crippen LogP contribution in [-0.4, -0.2) is 50.6 Å². The monoisotopic (exact) mass is 584 g/mol. The zero-order valence-corrected chi connectivity index (χ0v) is 24.2. The lowest BCUT2D eigenvalue weighted by Crippen LogP contribution is -2.40. The van der Waals surface area contributed by atoms with Crippen molar-refractivity contribution in [3.63, 3.8) is 0 Å². The van der Waals surface area contributed by atoms with Crippen molar-refractivity contribution < 1.29 is 14.0 Å². The molecule has 0 spiro atoms. The third-order valence-corrected chi connectivity index (χ3v) is 7.60. The number of anilines is 2. The van der Waals surface area contributed by atoms with E-state index in [2.05, 4.69) is 36.1 Å². The maximum Gasteiger partial charge on any atom is 0.256 e. The van der Waals surface area contributed by atoms with E-state index in [1.165, 1.54) is 31.5 Å². The molecule has 10 nitrogen and oxygen atoms in total. The molecule has 1 aliphatic rings. The lowest BCUT2D eigenvalue weighted by molar-refractivity contribution is -0.122. The number of pyridine rings is 2. The topological polar surface area (TPSA) is 151 Å². The van der Waals surface area contributed by atoms with Crippen molar-refractivity contribution in [2.75, 3.05) is 17.6 Å². The van der Waals surface area contributed by atoms with Crippen LogP contribution in [0, 0.1) is 5.82 Å². The van der Waals surface area contributed by atoms with Crippen LogP contribution in [0.15, 0.2) is 54.9 Å². The first kappa shape index (κ1) is 29.8. The van der Waals surface area contributed by atoms with E-state index >= 15 is 0 Å². The summed E-state index contributed by atoms with van der Waals surface area (Å²) in [6, 6.07) is 9.68. The largest absolute Gasteiger partial charge is 0.383 e. The average molecular weight is 585 g/mol. The highest BCUT2D eigenvalue weighted by Crippen LogP contribution is 2.32. The van der Waals surface area contributed by atoms with Gasteiger partial charge in [-0.05, 0) is 50.9 Å². The van der Waals surface area contributed by atoms with Crippen LogP contribution < -0.4 is 21.7 Å². The minimum absolute atomic E-state index is 0.0891. The number of fused-ring (bicyclic) bond motifs is 1. The Balaban J connectivity index is 1.17. The number of benzene rings is 1. The van der Waals surface area contributed by atoms with Gasteiger partial charge in [0, 0.05) is 53.7 Å². The molecule has 1 atom stereocenters. The molecule has 11 heteroatoms. The van der Waals surface area contributed by atoms with Gasteiger partial charge in [0.2, 0.25) is 5.91 Å². The maximum atomic E-state index is 13.4. The minimum atomic E-state index is -0.482. The van der Waals surface area contributed by atoms with Gasteiger partial charge in [0.05, 0.1) is 11.1 Å². The van der Waals surface area contributed by atoms with Crippen LogP contribution >= 0.6 is 0 Å². The van der Waals surface area contributed by atoms with E-state index in [0.29, 0.717) is 40.4 Å². The van der Waals surface area contributed by atoms with E-state index in [-0.39, 0.29) is 17.8 Å². The van der Waals surface area contributed by atoms with Crippen molar-refractivity contribution in [2.45, 2.75) is 64.0 Å². The summed E-state index contributed by atoms with van der Waals surface area (Å²) in [5.74, 6) is -0.290. The first-order valence-corrected chi connectivity index (χ1v) is 14.7. The minimum Gasteiger partial charge on any atom is -0.383 e. The third kappa shape index (κ3) is 7.81. The fourth-order valence-corrected chi connectivity index (χ4v) is 5.35.